The number of aliphatic imine (C=N–C) groups is 1. The second-order valence-corrected chi connectivity index (χ2v) is 7.88. The molecule has 0 heterocycles. The van der Waals surface area contributed by atoms with E-state index in [2.05, 4.69) is 27.5 Å². The highest BCUT2D eigenvalue weighted by Gasteiger charge is 2.24. The van der Waals surface area contributed by atoms with Crippen LogP contribution in [0.15, 0.2) is 17.6 Å². The number of halogens is 1. The molecule has 0 saturated carbocycles. The molecule has 0 atom stereocenters. The van der Waals surface area contributed by atoms with Crippen LogP contribution in [0, 0.1) is 0 Å². The molecule has 0 fully saturated rings. The predicted octanol–water partition coefficient (Wildman–Crippen LogP) is 2.99. The molecule has 1 amide bonds. The quantitative estimate of drug-likeness (QED) is 0.167. The lowest BCUT2D eigenvalue weighted by Crippen LogP contribution is -2.54. The van der Waals surface area contributed by atoms with E-state index in [9.17, 15) is 4.79 Å². The van der Waals surface area contributed by atoms with Gasteiger partial charge in [0, 0.05) is 31.6 Å². The van der Waals surface area contributed by atoms with Crippen molar-refractivity contribution < 1.29 is 9.53 Å². The van der Waals surface area contributed by atoms with Crippen molar-refractivity contribution in [3.63, 3.8) is 0 Å². The van der Waals surface area contributed by atoms with Crippen molar-refractivity contribution in [2.45, 2.75) is 45.8 Å². The third kappa shape index (κ3) is 14.9. The SMILES string of the molecule is C=CCSCCNC(=NC)NCC(C)(C)NC(=O)OC(C)(C)C.I. The Hall–Kier alpha value is -0.640. The van der Waals surface area contributed by atoms with E-state index in [1.807, 2.05) is 40.7 Å². The van der Waals surface area contributed by atoms with Gasteiger partial charge in [-0.1, -0.05) is 6.08 Å². The van der Waals surface area contributed by atoms with Crippen LogP contribution in [-0.2, 0) is 4.74 Å². The minimum absolute atomic E-state index is 0. The van der Waals surface area contributed by atoms with Gasteiger partial charge in [0.1, 0.15) is 5.60 Å². The first-order valence-corrected chi connectivity index (χ1v) is 8.89. The van der Waals surface area contributed by atoms with E-state index in [0.29, 0.717) is 12.5 Å². The van der Waals surface area contributed by atoms with Gasteiger partial charge in [0.05, 0.1) is 5.54 Å². The third-order valence-corrected chi connectivity index (χ3v) is 3.50. The Labute approximate surface area is 168 Å². The summed E-state index contributed by atoms with van der Waals surface area (Å²) in [6.07, 6.45) is 1.47. The summed E-state index contributed by atoms with van der Waals surface area (Å²) in [5.74, 6) is 2.63. The maximum absolute atomic E-state index is 11.8. The molecule has 0 bridgehead atoms. The zero-order valence-corrected chi connectivity index (χ0v) is 18.8. The Kier molecular flexibility index (Phi) is 13.5. The Morgan fingerprint density at radius 1 is 1.25 bits per heavy atom. The number of alkyl carbamates (subject to hydrolysis) is 1. The largest absolute Gasteiger partial charge is 0.444 e. The molecule has 0 aromatic heterocycles. The fraction of sp³-hybridized carbons (Fsp3) is 0.750. The highest BCUT2D eigenvalue weighted by molar-refractivity contribution is 14.0. The van der Waals surface area contributed by atoms with Crippen LogP contribution in [0.4, 0.5) is 4.79 Å². The number of nitrogens with one attached hydrogen (secondary N) is 3. The molecule has 0 aliphatic heterocycles. The summed E-state index contributed by atoms with van der Waals surface area (Å²) in [6.45, 7) is 14.4. The summed E-state index contributed by atoms with van der Waals surface area (Å²) in [4.78, 5) is 16.0. The lowest BCUT2D eigenvalue weighted by atomic mass is 10.1. The second kappa shape index (κ2) is 12.7. The lowest BCUT2D eigenvalue weighted by molar-refractivity contribution is 0.0474. The number of hydrogen-bond donors (Lipinski definition) is 3. The molecule has 142 valence electrons. The van der Waals surface area contributed by atoms with E-state index in [4.69, 9.17) is 4.74 Å². The van der Waals surface area contributed by atoms with Gasteiger partial charge in [-0.2, -0.15) is 11.8 Å². The van der Waals surface area contributed by atoms with Crippen LogP contribution < -0.4 is 16.0 Å². The number of rotatable bonds is 8. The van der Waals surface area contributed by atoms with Gasteiger partial charge >= 0.3 is 6.09 Å². The van der Waals surface area contributed by atoms with Gasteiger partial charge in [-0.3, -0.25) is 4.99 Å². The lowest BCUT2D eigenvalue weighted by Gasteiger charge is -2.29. The van der Waals surface area contributed by atoms with Crippen molar-refractivity contribution in [1.29, 1.82) is 0 Å². The highest BCUT2D eigenvalue weighted by atomic mass is 127. The first-order valence-electron chi connectivity index (χ1n) is 7.74. The molecule has 8 heteroatoms. The van der Waals surface area contributed by atoms with Gasteiger partial charge in [0.25, 0.3) is 0 Å². The average Bonchev–Trinajstić information content (AvgIpc) is 2.39. The normalized spacial score (nSPS) is 12.0. The van der Waals surface area contributed by atoms with Crippen molar-refractivity contribution in [3.05, 3.63) is 12.7 Å². The van der Waals surface area contributed by atoms with E-state index >= 15 is 0 Å². The molecular formula is C16H33IN4O2S. The van der Waals surface area contributed by atoms with Gasteiger partial charge in [-0.15, -0.1) is 30.6 Å². The monoisotopic (exact) mass is 472 g/mol. The van der Waals surface area contributed by atoms with Crippen LogP contribution in [0.5, 0.6) is 0 Å². The first kappa shape index (κ1) is 25.6. The van der Waals surface area contributed by atoms with Crippen molar-refractivity contribution in [2.75, 3.05) is 31.6 Å². The second-order valence-electron chi connectivity index (χ2n) is 6.73. The topological polar surface area (TPSA) is 74.8 Å². The average molecular weight is 472 g/mol. The number of nitrogens with zero attached hydrogens (tertiary/aromatic N) is 1. The first-order chi connectivity index (χ1) is 10.6. The van der Waals surface area contributed by atoms with Crippen LogP contribution in [-0.4, -0.2) is 54.8 Å². The molecule has 0 aliphatic carbocycles. The number of guanidine groups is 1. The third-order valence-electron chi connectivity index (χ3n) is 2.54. The number of amides is 1. The summed E-state index contributed by atoms with van der Waals surface area (Å²) in [5.41, 5.74) is -0.966. The van der Waals surface area contributed by atoms with Gasteiger partial charge in [-0.25, -0.2) is 4.79 Å². The maximum atomic E-state index is 11.8. The minimum atomic E-state index is -0.506. The van der Waals surface area contributed by atoms with Crippen LogP contribution in [0.1, 0.15) is 34.6 Å². The maximum Gasteiger partial charge on any atom is 0.408 e. The molecule has 0 spiro atoms. The van der Waals surface area contributed by atoms with E-state index in [-0.39, 0.29) is 24.0 Å². The molecular weight excluding hydrogens is 439 g/mol. The van der Waals surface area contributed by atoms with E-state index in [1.165, 1.54) is 0 Å². The molecule has 0 radical (unpaired) electrons. The zero-order chi connectivity index (χ0) is 17.9. The number of ether oxygens (including phenoxy) is 1. The molecule has 0 aromatic rings. The molecule has 0 aliphatic rings. The molecule has 24 heavy (non-hydrogen) atoms. The van der Waals surface area contributed by atoms with Gasteiger partial charge in [-0.05, 0) is 34.6 Å². The Morgan fingerprint density at radius 2 is 1.88 bits per heavy atom. The molecule has 0 aromatic carbocycles. The standard InChI is InChI=1S/C16H32N4O2S.HI/c1-8-10-23-11-9-18-13(17-7)19-12-16(5,6)20-14(21)22-15(2,3)4;/h8H,1,9-12H2,2-7H3,(H,20,21)(H2,17,18,19);1H. The molecule has 0 unspecified atom stereocenters. The molecule has 6 nitrogen and oxygen atoms in total. The number of carbonyl (C=O) groups excluding carboxylic acids is 1. The summed E-state index contributed by atoms with van der Waals surface area (Å²) >= 11 is 1.81. The Bertz CT molecular complexity index is 409. The fourth-order valence-electron chi connectivity index (χ4n) is 1.56. The fourth-order valence-corrected chi connectivity index (χ4v) is 2.14. The predicted molar refractivity (Wildman–Crippen MR) is 116 cm³/mol. The van der Waals surface area contributed by atoms with Gasteiger partial charge in [0.2, 0.25) is 0 Å². The van der Waals surface area contributed by atoms with Crippen molar-refractivity contribution in [3.8, 4) is 0 Å². The van der Waals surface area contributed by atoms with Crippen LogP contribution in [0.25, 0.3) is 0 Å². The summed E-state index contributed by atoms with van der Waals surface area (Å²) in [5, 5.41) is 9.29. The number of hydrogen-bond acceptors (Lipinski definition) is 4. The Morgan fingerprint density at radius 3 is 2.38 bits per heavy atom. The van der Waals surface area contributed by atoms with Gasteiger partial charge in [0.15, 0.2) is 5.96 Å². The van der Waals surface area contributed by atoms with Crippen molar-refractivity contribution in [2.24, 2.45) is 4.99 Å². The number of thioether (sulfide) groups is 1. The zero-order valence-electron chi connectivity index (χ0n) is 15.7. The Balaban J connectivity index is 0. The summed E-state index contributed by atoms with van der Waals surface area (Å²) in [6, 6.07) is 0. The van der Waals surface area contributed by atoms with Crippen LogP contribution in [0.3, 0.4) is 0 Å². The summed E-state index contributed by atoms with van der Waals surface area (Å²) in [7, 11) is 1.72. The smallest absolute Gasteiger partial charge is 0.408 e. The van der Waals surface area contributed by atoms with E-state index in [0.717, 1.165) is 18.1 Å². The minimum Gasteiger partial charge on any atom is -0.444 e. The van der Waals surface area contributed by atoms with Crippen molar-refractivity contribution >= 4 is 47.8 Å². The molecule has 3 N–H and O–H groups in total. The molecule has 0 rings (SSSR count). The summed E-state index contributed by atoms with van der Waals surface area (Å²) < 4.78 is 5.27. The number of carbonyl (C=O) groups is 1. The van der Waals surface area contributed by atoms with E-state index < -0.39 is 17.2 Å². The van der Waals surface area contributed by atoms with Crippen molar-refractivity contribution in [1.82, 2.24) is 16.0 Å². The van der Waals surface area contributed by atoms with Gasteiger partial charge < -0.3 is 20.7 Å². The van der Waals surface area contributed by atoms with Crippen LogP contribution in [0.2, 0.25) is 0 Å². The highest BCUT2D eigenvalue weighted by Crippen LogP contribution is 2.09. The van der Waals surface area contributed by atoms with E-state index in [1.54, 1.807) is 18.8 Å². The molecule has 0 saturated heterocycles. The van der Waals surface area contributed by atoms with Crippen LogP contribution >= 0.6 is 35.7 Å².